The van der Waals surface area contributed by atoms with Crippen molar-refractivity contribution in [2.45, 2.75) is 13.3 Å². The van der Waals surface area contributed by atoms with Gasteiger partial charge in [-0.2, -0.15) is 8.42 Å². The van der Waals surface area contributed by atoms with E-state index in [-0.39, 0.29) is 0 Å². The molecular formula is C16H23N5O4S. The number of nitrogens with one attached hydrogen (secondary N) is 1. The first-order valence-electron chi connectivity index (χ1n) is 8.23. The average Bonchev–Trinajstić information content (AvgIpc) is 2.54. The Bertz CT molecular complexity index is 912. The molecule has 9 nitrogen and oxygen atoms in total. The van der Waals surface area contributed by atoms with E-state index in [0.717, 1.165) is 36.2 Å². The van der Waals surface area contributed by atoms with Crippen molar-refractivity contribution in [1.82, 2.24) is 14.7 Å². The monoisotopic (exact) mass is 381 g/mol. The SMILES string of the molecule is COc1cc2nc(C)nc(N3CC(CCNS(N)(=O)=O)C3)c2cc1OC. The van der Waals surface area contributed by atoms with Gasteiger partial charge in [-0.15, -0.1) is 0 Å². The van der Waals surface area contributed by atoms with E-state index in [1.165, 1.54) is 0 Å². The van der Waals surface area contributed by atoms with Gasteiger partial charge in [-0.1, -0.05) is 0 Å². The van der Waals surface area contributed by atoms with Gasteiger partial charge in [-0.25, -0.2) is 19.8 Å². The second-order valence-electron chi connectivity index (χ2n) is 6.32. The zero-order valence-electron chi connectivity index (χ0n) is 15.0. The summed E-state index contributed by atoms with van der Waals surface area (Å²) in [5.74, 6) is 3.17. The van der Waals surface area contributed by atoms with E-state index in [1.807, 2.05) is 19.1 Å². The van der Waals surface area contributed by atoms with Crippen LogP contribution < -0.4 is 24.2 Å². The van der Waals surface area contributed by atoms with Gasteiger partial charge >= 0.3 is 0 Å². The van der Waals surface area contributed by atoms with Gasteiger partial charge in [0.2, 0.25) is 0 Å². The first kappa shape index (κ1) is 18.6. The molecule has 1 aliphatic heterocycles. The van der Waals surface area contributed by atoms with Gasteiger partial charge in [-0.05, 0) is 25.3 Å². The Kier molecular flexibility index (Phi) is 5.17. The van der Waals surface area contributed by atoms with Crippen molar-refractivity contribution in [2.24, 2.45) is 11.1 Å². The summed E-state index contributed by atoms with van der Waals surface area (Å²) < 4.78 is 34.9. The number of fused-ring (bicyclic) bond motifs is 1. The number of benzene rings is 1. The minimum atomic E-state index is -3.63. The molecular weight excluding hydrogens is 358 g/mol. The van der Waals surface area contributed by atoms with Crippen molar-refractivity contribution in [1.29, 1.82) is 0 Å². The van der Waals surface area contributed by atoms with Crippen LogP contribution in [0.25, 0.3) is 10.9 Å². The normalized spacial score (nSPS) is 15.2. The Morgan fingerprint density at radius 3 is 2.50 bits per heavy atom. The molecule has 0 atom stereocenters. The largest absolute Gasteiger partial charge is 0.493 e. The van der Waals surface area contributed by atoms with Crippen LogP contribution in [0.4, 0.5) is 5.82 Å². The van der Waals surface area contributed by atoms with Gasteiger partial charge < -0.3 is 14.4 Å². The maximum Gasteiger partial charge on any atom is 0.274 e. The number of nitrogens with two attached hydrogens (primary N) is 1. The summed E-state index contributed by atoms with van der Waals surface area (Å²) in [6, 6.07) is 3.73. The molecule has 2 aromatic rings. The van der Waals surface area contributed by atoms with Crippen LogP contribution in [0.15, 0.2) is 12.1 Å². The smallest absolute Gasteiger partial charge is 0.274 e. The van der Waals surface area contributed by atoms with Crippen molar-refractivity contribution in [3.8, 4) is 11.5 Å². The minimum Gasteiger partial charge on any atom is -0.493 e. The van der Waals surface area contributed by atoms with Gasteiger partial charge in [0, 0.05) is 31.1 Å². The predicted octanol–water partition coefficient (Wildman–Crippen LogP) is 0.575. The van der Waals surface area contributed by atoms with Crippen LogP contribution in [0.3, 0.4) is 0 Å². The molecule has 10 heteroatoms. The molecule has 2 heterocycles. The topological polar surface area (TPSA) is 120 Å². The molecule has 0 unspecified atom stereocenters. The number of hydrogen-bond donors (Lipinski definition) is 2. The van der Waals surface area contributed by atoms with E-state index < -0.39 is 10.2 Å². The van der Waals surface area contributed by atoms with Crippen LogP contribution in [0.1, 0.15) is 12.2 Å². The second-order valence-corrected chi connectivity index (χ2v) is 7.70. The standard InChI is InChI=1S/C16H23N5O4S/c1-10-19-13-7-15(25-3)14(24-2)6-12(13)16(20-10)21-8-11(9-21)4-5-18-26(17,22)23/h6-7,11,18H,4-5,8-9H2,1-3H3,(H2,17,22,23). The third kappa shape index (κ3) is 3.97. The zero-order chi connectivity index (χ0) is 18.9. The van der Waals surface area contributed by atoms with Gasteiger partial charge in [-0.3, -0.25) is 0 Å². The van der Waals surface area contributed by atoms with Crippen molar-refractivity contribution >= 4 is 26.9 Å². The predicted molar refractivity (Wildman–Crippen MR) is 98.8 cm³/mol. The van der Waals surface area contributed by atoms with Crippen LogP contribution >= 0.6 is 0 Å². The lowest BCUT2D eigenvalue weighted by atomic mass is 9.96. The molecule has 0 radical (unpaired) electrons. The Morgan fingerprint density at radius 2 is 1.88 bits per heavy atom. The number of nitrogens with zero attached hydrogens (tertiary/aromatic N) is 3. The van der Waals surface area contributed by atoms with E-state index in [2.05, 4.69) is 19.6 Å². The van der Waals surface area contributed by atoms with Gasteiger partial charge in [0.05, 0.1) is 19.7 Å². The third-order valence-electron chi connectivity index (χ3n) is 4.41. The van der Waals surface area contributed by atoms with Crippen molar-refractivity contribution in [3.05, 3.63) is 18.0 Å². The van der Waals surface area contributed by atoms with Crippen molar-refractivity contribution in [2.75, 3.05) is 38.8 Å². The highest BCUT2D eigenvalue weighted by molar-refractivity contribution is 7.87. The number of ether oxygens (including phenoxy) is 2. The highest BCUT2D eigenvalue weighted by Gasteiger charge is 2.29. The van der Waals surface area contributed by atoms with Crippen molar-refractivity contribution in [3.63, 3.8) is 0 Å². The molecule has 0 aliphatic carbocycles. The summed E-state index contributed by atoms with van der Waals surface area (Å²) in [5, 5.41) is 5.84. The van der Waals surface area contributed by atoms with Crippen LogP contribution in [-0.4, -0.2) is 52.2 Å². The Hall–Kier alpha value is -2.17. The number of aryl methyl sites for hydroxylation is 1. The van der Waals surface area contributed by atoms with Gasteiger partial charge in [0.1, 0.15) is 11.6 Å². The van der Waals surface area contributed by atoms with Gasteiger partial charge in [0.15, 0.2) is 11.5 Å². The summed E-state index contributed by atoms with van der Waals surface area (Å²) in [4.78, 5) is 11.2. The fraction of sp³-hybridized carbons (Fsp3) is 0.500. The average molecular weight is 381 g/mol. The van der Waals surface area contributed by atoms with E-state index in [0.29, 0.717) is 29.8 Å². The first-order valence-corrected chi connectivity index (χ1v) is 9.78. The summed E-state index contributed by atoms with van der Waals surface area (Å²) in [5.41, 5.74) is 0.796. The molecule has 142 valence electrons. The number of hydrogen-bond acceptors (Lipinski definition) is 7. The zero-order valence-corrected chi connectivity index (χ0v) is 15.8. The van der Waals surface area contributed by atoms with Crippen LogP contribution in [0.5, 0.6) is 11.5 Å². The molecule has 0 bridgehead atoms. The van der Waals surface area contributed by atoms with Gasteiger partial charge in [0.25, 0.3) is 10.2 Å². The molecule has 3 N–H and O–H groups in total. The van der Waals surface area contributed by atoms with E-state index >= 15 is 0 Å². The quantitative estimate of drug-likeness (QED) is 0.719. The maximum atomic E-state index is 10.9. The third-order valence-corrected chi connectivity index (χ3v) is 5.01. The molecule has 1 aliphatic rings. The van der Waals surface area contributed by atoms with E-state index in [4.69, 9.17) is 14.6 Å². The number of anilines is 1. The molecule has 0 saturated carbocycles. The minimum absolute atomic E-state index is 0.339. The molecule has 26 heavy (non-hydrogen) atoms. The Balaban J connectivity index is 1.78. The highest BCUT2D eigenvalue weighted by atomic mass is 32.2. The molecule has 3 rings (SSSR count). The summed E-state index contributed by atoms with van der Waals surface area (Å²) in [6.45, 7) is 3.79. The fourth-order valence-corrected chi connectivity index (χ4v) is 3.53. The molecule has 1 aromatic carbocycles. The van der Waals surface area contributed by atoms with E-state index in [1.54, 1.807) is 14.2 Å². The lowest BCUT2D eigenvalue weighted by Crippen LogP contribution is -2.48. The molecule has 1 saturated heterocycles. The summed E-state index contributed by atoms with van der Waals surface area (Å²) in [7, 11) is -0.443. The maximum absolute atomic E-state index is 10.9. The Labute approximate surface area is 152 Å². The molecule has 1 aromatic heterocycles. The summed E-state index contributed by atoms with van der Waals surface area (Å²) >= 11 is 0. The Morgan fingerprint density at radius 1 is 1.23 bits per heavy atom. The van der Waals surface area contributed by atoms with Crippen molar-refractivity contribution < 1.29 is 17.9 Å². The summed E-state index contributed by atoms with van der Waals surface area (Å²) in [6.07, 6.45) is 0.728. The number of methoxy groups -OCH3 is 2. The lowest BCUT2D eigenvalue weighted by Gasteiger charge is -2.40. The number of rotatable bonds is 7. The highest BCUT2D eigenvalue weighted by Crippen LogP contribution is 2.37. The second kappa shape index (κ2) is 7.22. The lowest BCUT2D eigenvalue weighted by molar-refractivity contribution is 0.355. The molecule has 0 spiro atoms. The van der Waals surface area contributed by atoms with Crippen LogP contribution in [-0.2, 0) is 10.2 Å². The number of aromatic nitrogens is 2. The molecule has 1 fully saturated rings. The molecule has 0 amide bonds. The fourth-order valence-electron chi connectivity index (χ4n) is 3.12. The van der Waals surface area contributed by atoms with Crippen LogP contribution in [0, 0.1) is 12.8 Å². The van der Waals surface area contributed by atoms with E-state index in [9.17, 15) is 8.42 Å². The first-order chi connectivity index (χ1) is 12.3. The van der Waals surface area contributed by atoms with Crippen LogP contribution in [0.2, 0.25) is 0 Å².